The van der Waals surface area contributed by atoms with Gasteiger partial charge in [-0.1, -0.05) is 64.1 Å². The molecular formula is C25H30O2. The van der Waals surface area contributed by atoms with Gasteiger partial charge in [-0.15, -0.1) is 0 Å². The van der Waals surface area contributed by atoms with Crippen molar-refractivity contribution in [3.8, 4) is 0 Å². The molecular weight excluding hydrogens is 332 g/mol. The Morgan fingerprint density at radius 1 is 0.889 bits per heavy atom. The number of carboxylic acid groups (broad SMARTS) is 1. The van der Waals surface area contributed by atoms with Gasteiger partial charge in [-0.05, 0) is 77.0 Å². The van der Waals surface area contributed by atoms with E-state index >= 15 is 0 Å². The third-order valence-corrected chi connectivity index (χ3v) is 5.50. The standard InChI is InChI=1S/C25H30O2/c1-17(12-18-6-8-19(9-7-18)23(26)27)20-10-11-21-14-24(2,3)16-25(4,5)15-22(21)13-20/h6-13H,14-16H2,1-5H3,(H,26,27). The summed E-state index contributed by atoms with van der Waals surface area (Å²) in [6.45, 7) is 11.6. The van der Waals surface area contributed by atoms with Gasteiger partial charge >= 0.3 is 5.97 Å². The van der Waals surface area contributed by atoms with Crippen molar-refractivity contribution in [3.63, 3.8) is 0 Å². The number of aromatic carboxylic acids is 1. The quantitative estimate of drug-likeness (QED) is 0.501. The molecule has 2 aromatic carbocycles. The first-order valence-corrected chi connectivity index (χ1v) is 9.69. The topological polar surface area (TPSA) is 37.3 Å². The van der Waals surface area contributed by atoms with Crippen LogP contribution in [0.25, 0.3) is 11.6 Å². The molecule has 0 spiro atoms. The number of fused-ring (bicyclic) bond motifs is 1. The Balaban J connectivity index is 1.92. The lowest BCUT2D eigenvalue weighted by molar-refractivity contribution is 0.0697. The lowest BCUT2D eigenvalue weighted by atomic mass is 9.73. The number of hydrogen-bond acceptors (Lipinski definition) is 1. The molecule has 1 aliphatic rings. The molecule has 2 heteroatoms. The van der Waals surface area contributed by atoms with Crippen LogP contribution < -0.4 is 0 Å². The molecule has 0 unspecified atom stereocenters. The van der Waals surface area contributed by atoms with Gasteiger partial charge in [-0.3, -0.25) is 0 Å². The summed E-state index contributed by atoms with van der Waals surface area (Å²) in [6.07, 6.45) is 5.60. The highest BCUT2D eigenvalue weighted by Crippen LogP contribution is 2.43. The van der Waals surface area contributed by atoms with Gasteiger partial charge in [0.05, 0.1) is 5.56 Å². The minimum Gasteiger partial charge on any atom is -0.478 e. The zero-order valence-electron chi connectivity index (χ0n) is 17.1. The van der Waals surface area contributed by atoms with E-state index in [4.69, 9.17) is 5.11 Å². The molecule has 2 aromatic rings. The molecule has 142 valence electrons. The molecule has 0 atom stereocenters. The van der Waals surface area contributed by atoms with Crippen molar-refractivity contribution in [2.75, 3.05) is 0 Å². The number of rotatable bonds is 3. The van der Waals surface area contributed by atoms with Gasteiger partial charge in [-0.25, -0.2) is 4.79 Å². The molecule has 0 aliphatic heterocycles. The lowest BCUT2D eigenvalue weighted by Gasteiger charge is -2.31. The van der Waals surface area contributed by atoms with Crippen LogP contribution in [-0.2, 0) is 12.8 Å². The maximum absolute atomic E-state index is 11.0. The van der Waals surface area contributed by atoms with E-state index in [-0.39, 0.29) is 0 Å². The first-order chi connectivity index (χ1) is 12.5. The van der Waals surface area contributed by atoms with Gasteiger partial charge in [-0.2, -0.15) is 0 Å². The van der Waals surface area contributed by atoms with Gasteiger partial charge in [0.15, 0.2) is 0 Å². The van der Waals surface area contributed by atoms with Crippen LogP contribution >= 0.6 is 0 Å². The van der Waals surface area contributed by atoms with Crippen LogP contribution in [0.1, 0.15) is 73.7 Å². The average Bonchev–Trinajstić information content (AvgIpc) is 2.64. The van der Waals surface area contributed by atoms with Crippen LogP contribution in [0.15, 0.2) is 42.5 Å². The Bertz CT molecular complexity index is 883. The lowest BCUT2D eigenvalue weighted by Crippen LogP contribution is -2.23. The highest BCUT2D eigenvalue weighted by molar-refractivity contribution is 5.88. The summed E-state index contributed by atoms with van der Waals surface area (Å²) in [7, 11) is 0. The number of hydrogen-bond donors (Lipinski definition) is 1. The predicted octanol–water partition coefficient (Wildman–Crippen LogP) is 6.49. The molecule has 27 heavy (non-hydrogen) atoms. The molecule has 1 aliphatic carbocycles. The summed E-state index contributed by atoms with van der Waals surface area (Å²) in [5, 5.41) is 9.03. The second kappa shape index (κ2) is 6.99. The predicted molar refractivity (Wildman–Crippen MR) is 113 cm³/mol. The van der Waals surface area contributed by atoms with Crippen LogP contribution in [0, 0.1) is 10.8 Å². The van der Waals surface area contributed by atoms with Crippen molar-refractivity contribution in [3.05, 3.63) is 70.3 Å². The zero-order chi connectivity index (χ0) is 19.8. The van der Waals surface area contributed by atoms with E-state index in [1.165, 1.54) is 28.7 Å². The van der Waals surface area contributed by atoms with Crippen LogP contribution in [0.4, 0.5) is 0 Å². The van der Waals surface area contributed by atoms with Crippen molar-refractivity contribution >= 4 is 17.6 Å². The molecule has 0 aromatic heterocycles. The molecule has 0 fully saturated rings. The fraction of sp³-hybridized carbons (Fsp3) is 0.400. The zero-order valence-corrected chi connectivity index (χ0v) is 17.1. The minimum atomic E-state index is -0.890. The first kappa shape index (κ1) is 19.4. The van der Waals surface area contributed by atoms with Crippen molar-refractivity contribution in [2.45, 2.75) is 53.9 Å². The Morgan fingerprint density at radius 2 is 1.44 bits per heavy atom. The Hall–Kier alpha value is -2.35. The van der Waals surface area contributed by atoms with Crippen molar-refractivity contribution in [1.82, 2.24) is 0 Å². The molecule has 0 saturated heterocycles. The Kier molecular flexibility index (Phi) is 5.03. The largest absolute Gasteiger partial charge is 0.478 e. The maximum Gasteiger partial charge on any atom is 0.335 e. The highest BCUT2D eigenvalue weighted by atomic mass is 16.4. The smallest absolute Gasteiger partial charge is 0.335 e. The summed E-state index contributed by atoms with van der Waals surface area (Å²) >= 11 is 0. The summed E-state index contributed by atoms with van der Waals surface area (Å²) in [5.41, 5.74) is 7.36. The molecule has 3 rings (SSSR count). The van der Waals surface area contributed by atoms with Crippen molar-refractivity contribution in [2.24, 2.45) is 10.8 Å². The van der Waals surface area contributed by atoms with E-state index < -0.39 is 5.97 Å². The average molecular weight is 363 g/mol. The third-order valence-electron chi connectivity index (χ3n) is 5.50. The van der Waals surface area contributed by atoms with Crippen LogP contribution in [0.2, 0.25) is 0 Å². The van der Waals surface area contributed by atoms with Crippen molar-refractivity contribution < 1.29 is 9.90 Å². The molecule has 1 N–H and O–H groups in total. The SMILES string of the molecule is CC(=Cc1ccc(C(=O)O)cc1)c1ccc2c(c1)CC(C)(C)CC(C)(C)C2. The second-order valence-corrected chi connectivity index (χ2v) is 9.60. The van der Waals surface area contributed by atoms with Gasteiger partial charge in [0, 0.05) is 0 Å². The summed E-state index contributed by atoms with van der Waals surface area (Å²) in [6, 6.07) is 13.9. The Labute approximate surface area is 162 Å². The molecule has 0 amide bonds. The molecule has 0 heterocycles. The highest BCUT2D eigenvalue weighted by Gasteiger charge is 2.33. The van der Waals surface area contributed by atoms with E-state index in [1.807, 2.05) is 12.1 Å². The fourth-order valence-electron chi connectivity index (χ4n) is 4.72. The minimum absolute atomic E-state index is 0.303. The second-order valence-electron chi connectivity index (χ2n) is 9.60. The van der Waals surface area contributed by atoms with Crippen LogP contribution in [0.5, 0.6) is 0 Å². The van der Waals surface area contributed by atoms with Crippen molar-refractivity contribution in [1.29, 1.82) is 0 Å². The van der Waals surface area contributed by atoms with E-state index in [2.05, 4.69) is 58.9 Å². The van der Waals surface area contributed by atoms with Gasteiger partial charge in [0.2, 0.25) is 0 Å². The molecule has 2 nitrogen and oxygen atoms in total. The van der Waals surface area contributed by atoms with E-state index in [0.717, 1.165) is 18.4 Å². The van der Waals surface area contributed by atoms with Gasteiger partial charge in [0.25, 0.3) is 0 Å². The van der Waals surface area contributed by atoms with Gasteiger partial charge in [0.1, 0.15) is 0 Å². The number of allylic oxidation sites excluding steroid dienone is 1. The Morgan fingerprint density at radius 3 is 2.04 bits per heavy atom. The normalized spacial score (nSPS) is 18.5. The summed E-state index contributed by atoms with van der Waals surface area (Å²) in [5.74, 6) is -0.890. The summed E-state index contributed by atoms with van der Waals surface area (Å²) < 4.78 is 0. The monoisotopic (exact) mass is 362 g/mol. The molecule has 0 saturated carbocycles. The number of carboxylic acids is 1. The maximum atomic E-state index is 11.0. The molecule has 0 bridgehead atoms. The van der Waals surface area contributed by atoms with Gasteiger partial charge < -0.3 is 5.11 Å². The fourth-order valence-corrected chi connectivity index (χ4v) is 4.72. The van der Waals surface area contributed by atoms with E-state index in [1.54, 1.807) is 12.1 Å². The van der Waals surface area contributed by atoms with Crippen LogP contribution in [-0.4, -0.2) is 11.1 Å². The van der Waals surface area contributed by atoms with E-state index in [0.29, 0.717) is 16.4 Å². The van der Waals surface area contributed by atoms with E-state index in [9.17, 15) is 4.79 Å². The summed E-state index contributed by atoms with van der Waals surface area (Å²) in [4.78, 5) is 11.0. The third kappa shape index (κ3) is 4.68. The number of benzene rings is 2. The van der Waals surface area contributed by atoms with Crippen LogP contribution in [0.3, 0.4) is 0 Å². The molecule has 0 radical (unpaired) electrons. The first-order valence-electron chi connectivity index (χ1n) is 9.69. The number of carbonyl (C=O) groups is 1.